The highest BCUT2D eigenvalue weighted by Gasteiger charge is 2.28. The second-order valence-electron chi connectivity index (χ2n) is 7.58. The van der Waals surface area contributed by atoms with Gasteiger partial charge in [-0.2, -0.15) is 0 Å². The summed E-state index contributed by atoms with van der Waals surface area (Å²) in [4.78, 5) is 12.2. The maximum atomic E-state index is 12.7. The van der Waals surface area contributed by atoms with E-state index in [1.165, 1.54) is 4.31 Å². The number of ether oxygens (including phenoxy) is 1. The Labute approximate surface area is 188 Å². The van der Waals surface area contributed by atoms with E-state index in [2.05, 4.69) is 5.32 Å². The van der Waals surface area contributed by atoms with E-state index >= 15 is 0 Å². The number of carbonyl (C=O) groups is 1. The Morgan fingerprint density at radius 3 is 2.50 bits per heavy atom. The molecule has 0 saturated heterocycles. The molecule has 32 heavy (non-hydrogen) atoms. The normalized spacial score (nSPS) is 12.9. The molecule has 3 aromatic carbocycles. The van der Waals surface area contributed by atoms with E-state index in [-0.39, 0.29) is 31.2 Å². The number of sulfonamides is 1. The lowest BCUT2D eigenvalue weighted by atomic mass is 10.1. The Hall–Kier alpha value is -3.32. The molecule has 4 rings (SSSR count). The molecule has 1 amide bonds. The number of hydrogen-bond acceptors (Lipinski definition) is 4. The summed E-state index contributed by atoms with van der Waals surface area (Å²) in [7, 11) is -3.48. The van der Waals surface area contributed by atoms with Crippen LogP contribution in [0.1, 0.15) is 12.0 Å². The molecule has 3 aromatic rings. The molecule has 0 aliphatic carbocycles. The van der Waals surface area contributed by atoms with Gasteiger partial charge >= 0.3 is 0 Å². The van der Waals surface area contributed by atoms with Crippen molar-refractivity contribution in [3.8, 4) is 16.9 Å². The largest absolute Gasteiger partial charge is 0.492 e. The SMILES string of the molecule is O=C(CCOc1ccccc1-c1ccccc1)NCCS(=O)(=O)N1CCc2ccccc21. The van der Waals surface area contributed by atoms with E-state index in [9.17, 15) is 13.2 Å². The summed E-state index contributed by atoms with van der Waals surface area (Å²) < 4.78 is 32.7. The maximum absolute atomic E-state index is 12.7. The summed E-state index contributed by atoms with van der Waals surface area (Å²) in [6.45, 7) is 0.729. The monoisotopic (exact) mass is 450 g/mol. The van der Waals surface area contributed by atoms with Crippen LogP contribution in [0.15, 0.2) is 78.9 Å². The summed E-state index contributed by atoms with van der Waals surface area (Å²) >= 11 is 0. The molecule has 1 N–H and O–H groups in total. The molecule has 7 heteroatoms. The van der Waals surface area contributed by atoms with Crippen LogP contribution in [0.3, 0.4) is 0 Å². The van der Waals surface area contributed by atoms with Crippen LogP contribution in [0.25, 0.3) is 11.1 Å². The minimum atomic E-state index is -3.48. The lowest BCUT2D eigenvalue weighted by Gasteiger charge is -2.19. The quantitative estimate of drug-likeness (QED) is 0.540. The first-order valence-electron chi connectivity index (χ1n) is 10.7. The van der Waals surface area contributed by atoms with Crippen molar-refractivity contribution in [1.82, 2.24) is 5.32 Å². The van der Waals surface area contributed by atoms with Crippen molar-refractivity contribution < 1.29 is 17.9 Å². The van der Waals surface area contributed by atoms with Gasteiger partial charge in [-0.25, -0.2) is 8.42 Å². The second kappa shape index (κ2) is 9.87. The fourth-order valence-corrected chi connectivity index (χ4v) is 5.24. The third-order valence-corrected chi connectivity index (χ3v) is 7.19. The third-order valence-electron chi connectivity index (χ3n) is 5.42. The van der Waals surface area contributed by atoms with Crippen molar-refractivity contribution in [3.05, 3.63) is 84.4 Å². The fourth-order valence-electron chi connectivity index (χ4n) is 3.82. The zero-order chi connectivity index (χ0) is 22.4. The van der Waals surface area contributed by atoms with E-state index in [0.717, 1.165) is 22.4 Å². The van der Waals surface area contributed by atoms with Crippen LogP contribution in [0.5, 0.6) is 5.75 Å². The minimum Gasteiger partial charge on any atom is -0.492 e. The van der Waals surface area contributed by atoms with Crippen molar-refractivity contribution >= 4 is 21.6 Å². The Balaban J connectivity index is 1.25. The maximum Gasteiger partial charge on any atom is 0.236 e. The minimum absolute atomic E-state index is 0.0699. The van der Waals surface area contributed by atoms with Gasteiger partial charge in [-0.1, -0.05) is 66.7 Å². The van der Waals surface area contributed by atoms with Crippen LogP contribution >= 0.6 is 0 Å². The lowest BCUT2D eigenvalue weighted by Crippen LogP contribution is -2.37. The fraction of sp³-hybridized carbons (Fsp3) is 0.240. The van der Waals surface area contributed by atoms with Gasteiger partial charge in [0.2, 0.25) is 15.9 Å². The van der Waals surface area contributed by atoms with E-state index in [1.807, 2.05) is 78.9 Å². The van der Waals surface area contributed by atoms with Crippen molar-refractivity contribution in [3.63, 3.8) is 0 Å². The summed E-state index contributed by atoms with van der Waals surface area (Å²) in [5, 5.41) is 2.69. The number of nitrogens with one attached hydrogen (secondary N) is 1. The number of amides is 1. The topological polar surface area (TPSA) is 75.7 Å². The predicted molar refractivity (Wildman–Crippen MR) is 126 cm³/mol. The number of hydrogen-bond donors (Lipinski definition) is 1. The Kier molecular flexibility index (Phi) is 6.75. The van der Waals surface area contributed by atoms with Crippen LogP contribution in [-0.2, 0) is 21.2 Å². The first-order valence-corrected chi connectivity index (χ1v) is 12.3. The smallest absolute Gasteiger partial charge is 0.236 e. The molecule has 0 radical (unpaired) electrons. The van der Waals surface area contributed by atoms with Crippen molar-refractivity contribution in [1.29, 1.82) is 0 Å². The number of anilines is 1. The summed E-state index contributed by atoms with van der Waals surface area (Å²) in [6.07, 6.45) is 0.860. The first kappa shape index (κ1) is 21.9. The number of fused-ring (bicyclic) bond motifs is 1. The molecule has 1 aliphatic rings. The molecule has 0 atom stereocenters. The molecule has 0 fully saturated rings. The number of carbonyl (C=O) groups excluding carboxylic acids is 1. The van der Waals surface area contributed by atoms with Gasteiger partial charge in [-0.3, -0.25) is 9.10 Å². The summed E-state index contributed by atoms with van der Waals surface area (Å²) in [5.41, 5.74) is 3.78. The molecule has 6 nitrogen and oxygen atoms in total. The van der Waals surface area contributed by atoms with Gasteiger partial charge in [0.05, 0.1) is 24.5 Å². The van der Waals surface area contributed by atoms with E-state index in [4.69, 9.17) is 4.74 Å². The molecular weight excluding hydrogens is 424 g/mol. The van der Waals surface area contributed by atoms with Crippen molar-refractivity contribution in [2.45, 2.75) is 12.8 Å². The Morgan fingerprint density at radius 1 is 0.938 bits per heavy atom. The zero-order valence-electron chi connectivity index (χ0n) is 17.7. The van der Waals surface area contributed by atoms with Crippen LogP contribution in [0.4, 0.5) is 5.69 Å². The standard InChI is InChI=1S/C25H26N2O4S/c28-25(15-18-31-24-13-7-5-11-22(24)20-8-2-1-3-9-20)26-16-19-32(29,30)27-17-14-21-10-4-6-12-23(21)27/h1-13H,14-19H2,(H,26,28). The Bertz CT molecular complexity index is 1180. The highest BCUT2D eigenvalue weighted by Crippen LogP contribution is 2.30. The second-order valence-corrected chi connectivity index (χ2v) is 9.59. The Morgan fingerprint density at radius 2 is 1.66 bits per heavy atom. The van der Waals surface area contributed by atoms with Crippen LogP contribution in [0, 0.1) is 0 Å². The summed E-state index contributed by atoms with van der Waals surface area (Å²) in [5.74, 6) is 0.339. The van der Waals surface area contributed by atoms with Gasteiger partial charge in [-0.05, 0) is 29.7 Å². The van der Waals surface area contributed by atoms with Gasteiger partial charge < -0.3 is 10.1 Å². The van der Waals surface area contributed by atoms with E-state index < -0.39 is 10.0 Å². The molecule has 1 heterocycles. The average Bonchev–Trinajstić information content (AvgIpc) is 3.25. The first-order chi connectivity index (χ1) is 15.5. The highest BCUT2D eigenvalue weighted by molar-refractivity contribution is 7.92. The lowest BCUT2D eigenvalue weighted by molar-refractivity contribution is -0.121. The molecule has 0 unspecified atom stereocenters. The number of rotatable bonds is 9. The molecular formula is C25H26N2O4S. The van der Waals surface area contributed by atoms with E-state index in [1.54, 1.807) is 0 Å². The summed E-state index contributed by atoms with van der Waals surface area (Å²) in [6, 6.07) is 25.1. The van der Waals surface area contributed by atoms with Crippen molar-refractivity contribution in [2.24, 2.45) is 0 Å². The van der Waals surface area contributed by atoms with Gasteiger partial charge in [0.25, 0.3) is 0 Å². The highest BCUT2D eigenvalue weighted by atomic mass is 32.2. The van der Waals surface area contributed by atoms with Crippen LogP contribution in [-0.4, -0.2) is 39.8 Å². The van der Waals surface area contributed by atoms with Crippen molar-refractivity contribution in [2.75, 3.05) is 29.8 Å². The molecule has 0 saturated carbocycles. The van der Waals surface area contributed by atoms with Gasteiger partial charge in [0, 0.05) is 18.7 Å². The molecule has 1 aliphatic heterocycles. The van der Waals surface area contributed by atoms with E-state index in [0.29, 0.717) is 18.7 Å². The number of nitrogens with zero attached hydrogens (tertiary/aromatic N) is 1. The van der Waals surface area contributed by atoms with Crippen LogP contribution < -0.4 is 14.4 Å². The molecule has 0 aromatic heterocycles. The van der Waals surface area contributed by atoms with Gasteiger partial charge in [0.15, 0.2) is 0 Å². The van der Waals surface area contributed by atoms with Crippen LogP contribution in [0.2, 0.25) is 0 Å². The molecule has 0 spiro atoms. The third kappa shape index (κ3) is 5.11. The van der Waals surface area contributed by atoms with Gasteiger partial charge in [-0.15, -0.1) is 0 Å². The predicted octanol–water partition coefficient (Wildman–Crippen LogP) is 3.63. The zero-order valence-corrected chi connectivity index (χ0v) is 18.6. The number of para-hydroxylation sites is 2. The molecule has 0 bridgehead atoms. The van der Waals surface area contributed by atoms with Gasteiger partial charge in [0.1, 0.15) is 5.75 Å². The molecule has 166 valence electrons. The number of benzene rings is 3. The average molecular weight is 451 g/mol.